The van der Waals surface area contributed by atoms with Gasteiger partial charge in [-0.05, 0) is 30.7 Å². The monoisotopic (exact) mass is 456 g/mol. The number of hydrogen-bond donors (Lipinski definition) is 1. The van der Waals surface area contributed by atoms with Crippen LogP contribution in [0.5, 0.6) is 5.75 Å². The SMILES string of the molecule is CCNC(=O)N(CCOC)CC(=O)N1N=C(c2ccc(F)cc2)CC1c1ccccc1OC. The molecule has 0 spiro atoms. The predicted molar refractivity (Wildman–Crippen MR) is 123 cm³/mol. The second-order valence-corrected chi connectivity index (χ2v) is 7.50. The van der Waals surface area contributed by atoms with Gasteiger partial charge in [0.25, 0.3) is 5.91 Å². The molecule has 0 saturated carbocycles. The lowest BCUT2D eigenvalue weighted by atomic mass is 9.97. The molecular weight excluding hydrogens is 427 g/mol. The number of halogens is 1. The average molecular weight is 457 g/mol. The minimum Gasteiger partial charge on any atom is -0.496 e. The zero-order chi connectivity index (χ0) is 23.8. The zero-order valence-electron chi connectivity index (χ0n) is 19.1. The van der Waals surface area contributed by atoms with Crippen LogP contribution in [0.1, 0.15) is 30.5 Å². The molecule has 0 fully saturated rings. The summed E-state index contributed by atoms with van der Waals surface area (Å²) in [6.07, 6.45) is 0.428. The third-order valence-corrected chi connectivity index (χ3v) is 5.35. The highest BCUT2D eigenvalue weighted by atomic mass is 19.1. The van der Waals surface area contributed by atoms with Gasteiger partial charge in [0.2, 0.25) is 0 Å². The van der Waals surface area contributed by atoms with Crippen molar-refractivity contribution in [1.29, 1.82) is 0 Å². The fourth-order valence-corrected chi connectivity index (χ4v) is 3.69. The number of carbonyl (C=O) groups excluding carboxylic acids is 2. The number of amides is 3. The summed E-state index contributed by atoms with van der Waals surface area (Å²) in [4.78, 5) is 27.3. The molecule has 3 amide bonds. The van der Waals surface area contributed by atoms with Gasteiger partial charge < -0.3 is 19.7 Å². The van der Waals surface area contributed by atoms with E-state index in [-0.39, 0.29) is 30.8 Å². The number of ether oxygens (including phenoxy) is 2. The molecule has 1 atom stereocenters. The van der Waals surface area contributed by atoms with Crippen LogP contribution in [0.3, 0.4) is 0 Å². The Balaban J connectivity index is 1.92. The Morgan fingerprint density at radius 2 is 1.91 bits per heavy atom. The first-order chi connectivity index (χ1) is 16.0. The highest BCUT2D eigenvalue weighted by molar-refractivity contribution is 6.03. The highest BCUT2D eigenvalue weighted by Crippen LogP contribution is 2.37. The third-order valence-electron chi connectivity index (χ3n) is 5.35. The molecule has 8 nitrogen and oxygen atoms in total. The van der Waals surface area contributed by atoms with Gasteiger partial charge in [0, 0.05) is 32.2 Å². The predicted octanol–water partition coefficient (Wildman–Crippen LogP) is 3.19. The molecule has 9 heteroatoms. The van der Waals surface area contributed by atoms with Gasteiger partial charge in [0.15, 0.2) is 0 Å². The highest BCUT2D eigenvalue weighted by Gasteiger charge is 2.35. The van der Waals surface area contributed by atoms with Crippen molar-refractivity contribution < 1.29 is 23.5 Å². The van der Waals surface area contributed by atoms with Crippen LogP contribution >= 0.6 is 0 Å². The van der Waals surface area contributed by atoms with E-state index in [1.54, 1.807) is 19.2 Å². The van der Waals surface area contributed by atoms with E-state index in [0.717, 1.165) is 11.1 Å². The first kappa shape index (κ1) is 24.2. The van der Waals surface area contributed by atoms with Crippen LogP contribution in [0.2, 0.25) is 0 Å². The summed E-state index contributed by atoms with van der Waals surface area (Å²) in [5.74, 6) is -0.0523. The number of hydrogen-bond acceptors (Lipinski definition) is 5. The summed E-state index contributed by atoms with van der Waals surface area (Å²) in [5.41, 5.74) is 2.18. The number of nitrogens with one attached hydrogen (secondary N) is 1. The van der Waals surface area contributed by atoms with Gasteiger partial charge in [-0.3, -0.25) is 4.79 Å². The average Bonchev–Trinajstić information content (AvgIpc) is 3.27. The quantitative estimate of drug-likeness (QED) is 0.628. The minimum absolute atomic E-state index is 0.166. The summed E-state index contributed by atoms with van der Waals surface area (Å²) in [6, 6.07) is 12.7. The van der Waals surface area contributed by atoms with Crippen LogP contribution < -0.4 is 10.1 Å². The Bertz CT molecular complexity index is 996. The number of para-hydroxylation sites is 1. The van der Waals surface area contributed by atoms with Crippen molar-refractivity contribution in [3.05, 3.63) is 65.5 Å². The van der Waals surface area contributed by atoms with Gasteiger partial charge in [-0.2, -0.15) is 5.10 Å². The first-order valence-corrected chi connectivity index (χ1v) is 10.8. The lowest BCUT2D eigenvalue weighted by Crippen LogP contribution is -2.47. The van der Waals surface area contributed by atoms with E-state index < -0.39 is 6.04 Å². The van der Waals surface area contributed by atoms with Crippen molar-refractivity contribution in [3.8, 4) is 5.75 Å². The smallest absolute Gasteiger partial charge is 0.317 e. The maximum Gasteiger partial charge on any atom is 0.317 e. The molecule has 33 heavy (non-hydrogen) atoms. The van der Waals surface area contributed by atoms with Crippen LogP contribution in [0, 0.1) is 5.82 Å². The molecular formula is C24H29FN4O4. The minimum atomic E-state index is -0.424. The summed E-state index contributed by atoms with van der Waals surface area (Å²) >= 11 is 0. The van der Waals surface area contributed by atoms with Gasteiger partial charge in [0.05, 0.1) is 25.5 Å². The molecule has 0 radical (unpaired) electrons. The Morgan fingerprint density at radius 1 is 1.18 bits per heavy atom. The van der Waals surface area contributed by atoms with E-state index in [9.17, 15) is 14.0 Å². The Morgan fingerprint density at radius 3 is 2.58 bits per heavy atom. The van der Waals surface area contributed by atoms with Gasteiger partial charge in [0.1, 0.15) is 18.1 Å². The maximum atomic E-state index is 13.4. The number of hydrazone groups is 1. The molecule has 0 aromatic heterocycles. The van der Waals surface area contributed by atoms with Crippen molar-refractivity contribution in [3.63, 3.8) is 0 Å². The normalized spacial score (nSPS) is 15.2. The van der Waals surface area contributed by atoms with Crippen LogP contribution in [0.25, 0.3) is 0 Å². The molecule has 176 valence electrons. The van der Waals surface area contributed by atoms with Crippen LogP contribution in [-0.2, 0) is 9.53 Å². The van der Waals surface area contributed by atoms with Crippen LogP contribution in [0.15, 0.2) is 53.6 Å². The topological polar surface area (TPSA) is 83.5 Å². The summed E-state index contributed by atoms with van der Waals surface area (Å²) < 4.78 is 24.0. The fourth-order valence-electron chi connectivity index (χ4n) is 3.69. The largest absolute Gasteiger partial charge is 0.496 e. The number of urea groups is 1. The number of nitrogens with zero attached hydrogens (tertiary/aromatic N) is 3. The molecule has 0 saturated heterocycles. The van der Waals surface area contributed by atoms with Crippen molar-refractivity contribution in [2.75, 3.05) is 40.5 Å². The number of rotatable bonds is 9. The van der Waals surface area contributed by atoms with E-state index in [0.29, 0.717) is 31.0 Å². The number of benzene rings is 2. The van der Waals surface area contributed by atoms with Gasteiger partial charge in [-0.25, -0.2) is 14.2 Å². The Hall–Kier alpha value is -3.46. The second kappa shape index (κ2) is 11.4. The summed E-state index contributed by atoms with van der Waals surface area (Å²) in [6.45, 7) is 2.64. The molecule has 0 bridgehead atoms. The molecule has 1 N–H and O–H groups in total. The lowest BCUT2D eigenvalue weighted by Gasteiger charge is -2.27. The van der Waals surface area contributed by atoms with Crippen molar-refractivity contribution >= 4 is 17.6 Å². The standard InChI is InChI=1S/C24H29FN4O4/c1-4-26-24(31)28(13-14-32-2)16-23(30)29-21(19-7-5-6-8-22(19)33-3)15-20(27-29)17-9-11-18(25)12-10-17/h5-12,21H,4,13-16H2,1-3H3,(H,26,31). The van der Waals surface area contributed by atoms with Crippen molar-refractivity contribution in [2.24, 2.45) is 5.10 Å². The van der Waals surface area contributed by atoms with Crippen LogP contribution in [0.4, 0.5) is 9.18 Å². The molecule has 1 unspecified atom stereocenters. The van der Waals surface area contributed by atoms with Crippen molar-refractivity contribution in [2.45, 2.75) is 19.4 Å². The number of methoxy groups -OCH3 is 2. The van der Waals surface area contributed by atoms with Gasteiger partial charge in [-0.15, -0.1) is 0 Å². The maximum absolute atomic E-state index is 13.4. The molecule has 1 aliphatic rings. The lowest BCUT2D eigenvalue weighted by molar-refractivity contribution is -0.133. The fraction of sp³-hybridized carbons (Fsp3) is 0.375. The van der Waals surface area contributed by atoms with E-state index in [2.05, 4.69) is 10.4 Å². The Kier molecular flexibility index (Phi) is 8.37. The Labute approximate surface area is 193 Å². The number of carbonyl (C=O) groups is 2. The van der Waals surface area contributed by atoms with Gasteiger partial charge in [-0.1, -0.05) is 30.3 Å². The molecule has 1 heterocycles. The van der Waals surface area contributed by atoms with E-state index in [1.807, 2.05) is 31.2 Å². The summed E-state index contributed by atoms with van der Waals surface area (Å²) in [7, 11) is 3.11. The second-order valence-electron chi connectivity index (χ2n) is 7.50. The molecule has 3 rings (SSSR count). The van der Waals surface area contributed by atoms with E-state index >= 15 is 0 Å². The first-order valence-electron chi connectivity index (χ1n) is 10.8. The molecule has 0 aliphatic carbocycles. The third kappa shape index (κ3) is 5.87. The molecule has 2 aromatic carbocycles. The van der Waals surface area contributed by atoms with Gasteiger partial charge >= 0.3 is 6.03 Å². The summed E-state index contributed by atoms with van der Waals surface area (Å²) in [5, 5.41) is 8.71. The molecule has 2 aromatic rings. The van der Waals surface area contributed by atoms with Crippen molar-refractivity contribution in [1.82, 2.24) is 15.2 Å². The zero-order valence-corrected chi connectivity index (χ0v) is 19.1. The van der Waals surface area contributed by atoms with E-state index in [4.69, 9.17) is 9.47 Å². The van der Waals surface area contributed by atoms with Crippen LogP contribution in [-0.4, -0.2) is 68.0 Å². The molecule has 1 aliphatic heterocycles. The van der Waals surface area contributed by atoms with E-state index in [1.165, 1.54) is 29.2 Å².